The molecule has 2 heterocycles. The molecule has 2 rings (SSSR count). The number of nitrogens with zero attached hydrogens (tertiary/aromatic N) is 3. The van der Waals surface area contributed by atoms with Crippen LogP contribution in [0.1, 0.15) is 6.42 Å². The van der Waals surface area contributed by atoms with E-state index >= 15 is 0 Å². The zero-order valence-electron chi connectivity index (χ0n) is 7.98. The molecule has 1 fully saturated rings. The van der Waals surface area contributed by atoms with E-state index in [0.29, 0.717) is 5.92 Å². The average molecular weight is 180 g/mol. The van der Waals surface area contributed by atoms with Crippen LogP contribution in [0.5, 0.6) is 0 Å². The summed E-state index contributed by atoms with van der Waals surface area (Å²) < 4.78 is 2.05. The number of rotatable bonds is 2. The average Bonchev–Trinajstić information content (AvgIpc) is 2.71. The van der Waals surface area contributed by atoms with Crippen LogP contribution in [-0.4, -0.2) is 29.2 Å². The van der Waals surface area contributed by atoms with Crippen LogP contribution in [0.4, 0.5) is 5.95 Å². The summed E-state index contributed by atoms with van der Waals surface area (Å²) >= 11 is 0. The molecule has 0 aliphatic carbocycles. The fraction of sp³-hybridized carbons (Fsp3) is 0.667. The van der Waals surface area contributed by atoms with E-state index in [1.807, 2.05) is 19.4 Å². The van der Waals surface area contributed by atoms with Crippen LogP contribution in [0.3, 0.4) is 0 Å². The molecule has 1 atom stereocenters. The number of aromatic nitrogens is 2. The smallest absolute Gasteiger partial charge is 0.205 e. The minimum atomic E-state index is 0.650. The lowest BCUT2D eigenvalue weighted by molar-refractivity contribution is 0.601. The van der Waals surface area contributed by atoms with E-state index in [2.05, 4.69) is 14.5 Å². The molecule has 4 heteroatoms. The van der Waals surface area contributed by atoms with E-state index in [1.54, 1.807) is 0 Å². The summed E-state index contributed by atoms with van der Waals surface area (Å²) in [5, 5.41) is 0. The molecule has 0 aromatic carbocycles. The van der Waals surface area contributed by atoms with Gasteiger partial charge in [-0.05, 0) is 18.9 Å². The van der Waals surface area contributed by atoms with Gasteiger partial charge < -0.3 is 15.2 Å². The minimum absolute atomic E-state index is 0.650. The zero-order chi connectivity index (χ0) is 9.26. The van der Waals surface area contributed by atoms with Gasteiger partial charge in [0, 0.05) is 32.5 Å². The van der Waals surface area contributed by atoms with E-state index in [4.69, 9.17) is 5.73 Å². The number of hydrogen-bond donors (Lipinski definition) is 1. The molecule has 0 radical (unpaired) electrons. The Balaban J connectivity index is 2.08. The predicted octanol–water partition coefficient (Wildman–Crippen LogP) is 0.205. The van der Waals surface area contributed by atoms with E-state index in [-0.39, 0.29) is 0 Å². The van der Waals surface area contributed by atoms with Crippen molar-refractivity contribution in [2.45, 2.75) is 6.42 Å². The number of hydrogen-bond acceptors (Lipinski definition) is 3. The molecule has 13 heavy (non-hydrogen) atoms. The summed E-state index contributed by atoms with van der Waals surface area (Å²) in [5.41, 5.74) is 5.63. The van der Waals surface area contributed by atoms with Gasteiger partial charge in [0.1, 0.15) is 0 Å². The van der Waals surface area contributed by atoms with Gasteiger partial charge in [-0.3, -0.25) is 0 Å². The Bertz CT molecular complexity index is 281. The highest BCUT2D eigenvalue weighted by Crippen LogP contribution is 2.20. The lowest BCUT2D eigenvalue weighted by Gasteiger charge is -2.16. The number of imidazole rings is 1. The molecule has 1 aromatic rings. The van der Waals surface area contributed by atoms with Crippen LogP contribution in [0.2, 0.25) is 0 Å². The highest BCUT2D eigenvalue weighted by Gasteiger charge is 2.23. The van der Waals surface area contributed by atoms with Gasteiger partial charge in [-0.25, -0.2) is 4.98 Å². The summed E-state index contributed by atoms with van der Waals surface area (Å²) in [7, 11) is 2.03. The topological polar surface area (TPSA) is 47.1 Å². The monoisotopic (exact) mass is 180 g/mol. The Labute approximate surface area is 78.4 Å². The fourth-order valence-corrected chi connectivity index (χ4v) is 1.87. The molecule has 0 bridgehead atoms. The molecule has 0 saturated carbocycles. The molecular formula is C9H16N4. The number of anilines is 1. The predicted molar refractivity (Wildman–Crippen MR) is 52.6 cm³/mol. The number of aryl methyl sites for hydroxylation is 1. The Kier molecular flexibility index (Phi) is 2.22. The summed E-state index contributed by atoms with van der Waals surface area (Å²) in [6.45, 7) is 2.94. The minimum Gasteiger partial charge on any atom is -0.342 e. The molecule has 0 amide bonds. The Hall–Kier alpha value is -1.03. The highest BCUT2D eigenvalue weighted by atomic mass is 15.3. The van der Waals surface area contributed by atoms with Crippen molar-refractivity contribution in [1.29, 1.82) is 0 Å². The molecule has 1 unspecified atom stereocenters. The van der Waals surface area contributed by atoms with Crippen molar-refractivity contribution in [3.05, 3.63) is 12.4 Å². The number of nitrogens with two attached hydrogens (primary N) is 1. The fourth-order valence-electron chi connectivity index (χ4n) is 1.87. The van der Waals surface area contributed by atoms with Crippen molar-refractivity contribution in [3.63, 3.8) is 0 Å². The van der Waals surface area contributed by atoms with Gasteiger partial charge in [0.05, 0.1) is 0 Å². The van der Waals surface area contributed by atoms with Gasteiger partial charge in [0.25, 0.3) is 0 Å². The van der Waals surface area contributed by atoms with E-state index < -0.39 is 0 Å². The molecule has 4 nitrogen and oxygen atoms in total. The quantitative estimate of drug-likeness (QED) is 0.707. The molecule has 1 aliphatic heterocycles. The van der Waals surface area contributed by atoms with Gasteiger partial charge in [-0.1, -0.05) is 0 Å². The Morgan fingerprint density at radius 1 is 1.69 bits per heavy atom. The van der Waals surface area contributed by atoms with Gasteiger partial charge in [-0.2, -0.15) is 0 Å². The third kappa shape index (κ3) is 1.54. The van der Waals surface area contributed by atoms with Crippen LogP contribution in [0.15, 0.2) is 12.4 Å². The van der Waals surface area contributed by atoms with Crippen molar-refractivity contribution < 1.29 is 0 Å². The Morgan fingerprint density at radius 3 is 3.08 bits per heavy atom. The van der Waals surface area contributed by atoms with Crippen molar-refractivity contribution in [2.24, 2.45) is 18.7 Å². The van der Waals surface area contributed by atoms with E-state index in [1.165, 1.54) is 6.42 Å². The van der Waals surface area contributed by atoms with Gasteiger partial charge >= 0.3 is 0 Å². The molecule has 1 aromatic heterocycles. The first-order valence-electron chi connectivity index (χ1n) is 4.73. The summed E-state index contributed by atoms with van der Waals surface area (Å²) in [5.74, 6) is 1.72. The SMILES string of the molecule is Cn1ccnc1N1CCC(CN)C1. The third-order valence-corrected chi connectivity index (χ3v) is 2.70. The van der Waals surface area contributed by atoms with Crippen LogP contribution in [0, 0.1) is 5.92 Å². The molecule has 0 spiro atoms. The lowest BCUT2D eigenvalue weighted by Crippen LogP contribution is -2.24. The molecular weight excluding hydrogens is 164 g/mol. The van der Waals surface area contributed by atoms with Gasteiger partial charge in [0.2, 0.25) is 5.95 Å². The lowest BCUT2D eigenvalue weighted by atomic mass is 10.1. The maximum absolute atomic E-state index is 5.63. The first-order valence-corrected chi connectivity index (χ1v) is 4.73. The second-order valence-electron chi connectivity index (χ2n) is 3.67. The van der Waals surface area contributed by atoms with E-state index in [9.17, 15) is 0 Å². The van der Waals surface area contributed by atoms with Crippen LogP contribution in [-0.2, 0) is 7.05 Å². The second-order valence-corrected chi connectivity index (χ2v) is 3.67. The van der Waals surface area contributed by atoms with Gasteiger partial charge in [0.15, 0.2) is 0 Å². The summed E-state index contributed by atoms with van der Waals surface area (Å²) in [6.07, 6.45) is 5.01. The van der Waals surface area contributed by atoms with Crippen molar-refractivity contribution in [3.8, 4) is 0 Å². The second kappa shape index (κ2) is 3.38. The van der Waals surface area contributed by atoms with Crippen molar-refractivity contribution >= 4 is 5.95 Å². The summed E-state index contributed by atoms with van der Waals surface area (Å²) in [6, 6.07) is 0. The maximum Gasteiger partial charge on any atom is 0.205 e. The largest absolute Gasteiger partial charge is 0.342 e. The van der Waals surface area contributed by atoms with E-state index in [0.717, 1.165) is 25.6 Å². The first kappa shape index (κ1) is 8.56. The van der Waals surface area contributed by atoms with Crippen molar-refractivity contribution in [2.75, 3.05) is 24.5 Å². The normalized spacial score (nSPS) is 22.6. The standard InChI is InChI=1S/C9H16N4/c1-12-5-3-11-9(12)13-4-2-8(6-10)7-13/h3,5,8H,2,4,6-7,10H2,1H3. The summed E-state index contributed by atoms with van der Waals surface area (Å²) in [4.78, 5) is 6.62. The zero-order valence-corrected chi connectivity index (χ0v) is 7.98. The van der Waals surface area contributed by atoms with Gasteiger partial charge in [-0.15, -0.1) is 0 Å². The van der Waals surface area contributed by atoms with Crippen LogP contribution < -0.4 is 10.6 Å². The molecule has 2 N–H and O–H groups in total. The highest BCUT2D eigenvalue weighted by molar-refractivity contribution is 5.32. The van der Waals surface area contributed by atoms with Crippen LogP contribution >= 0.6 is 0 Å². The maximum atomic E-state index is 5.63. The third-order valence-electron chi connectivity index (χ3n) is 2.70. The Morgan fingerprint density at radius 2 is 2.54 bits per heavy atom. The molecule has 72 valence electrons. The first-order chi connectivity index (χ1) is 6.31. The van der Waals surface area contributed by atoms with Crippen molar-refractivity contribution in [1.82, 2.24) is 9.55 Å². The molecule has 1 aliphatic rings. The van der Waals surface area contributed by atoms with Crippen LogP contribution in [0.25, 0.3) is 0 Å². The molecule has 1 saturated heterocycles.